The van der Waals surface area contributed by atoms with Gasteiger partial charge in [0.15, 0.2) is 0 Å². The predicted octanol–water partition coefficient (Wildman–Crippen LogP) is 3.42. The Morgan fingerprint density at radius 3 is 2.89 bits per heavy atom. The molecular weight excluding hydrogens is 232 g/mol. The van der Waals surface area contributed by atoms with Gasteiger partial charge in [-0.25, -0.2) is 0 Å². The molecule has 1 aliphatic heterocycles. The van der Waals surface area contributed by atoms with E-state index in [0.717, 1.165) is 25.6 Å². The second-order valence-electron chi connectivity index (χ2n) is 5.75. The lowest BCUT2D eigenvalue weighted by molar-refractivity contribution is 0.164. The molecule has 1 atom stereocenters. The van der Waals surface area contributed by atoms with E-state index >= 15 is 0 Å². The van der Waals surface area contributed by atoms with Crippen LogP contribution in [-0.2, 0) is 13.1 Å². The summed E-state index contributed by atoms with van der Waals surface area (Å²) < 4.78 is 0. The minimum atomic E-state index is 0.915. The molecule has 1 aromatic carbocycles. The number of benzene rings is 1. The third-order valence-electron chi connectivity index (χ3n) is 4.16. The summed E-state index contributed by atoms with van der Waals surface area (Å²) in [6.07, 6.45) is 4.13. The topological polar surface area (TPSA) is 15.3 Å². The molecule has 1 unspecified atom stereocenters. The smallest absolute Gasteiger partial charge is 0.0233 e. The first kappa shape index (κ1) is 14.5. The highest BCUT2D eigenvalue weighted by atomic mass is 15.1. The molecule has 1 saturated heterocycles. The SMILES string of the molecule is CCNCc1cccc(CN2CCCC(CC)C2)c1. The van der Waals surface area contributed by atoms with Crippen molar-refractivity contribution < 1.29 is 0 Å². The summed E-state index contributed by atoms with van der Waals surface area (Å²) in [6.45, 7) is 10.2. The number of nitrogens with one attached hydrogen (secondary N) is 1. The highest BCUT2D eigenvalue weighted by Gasteiger charge is 2.18. The summed E-state index contributed by atoms with van der Waals surface area (Å²) in [4.78, 5) is 2.63. The summed E-state index contributed by atoms with van der Waals surface area (Å²) in [5.74, 6) is 0.915. The van der Waals surface area contributed by atoms with Crippen LogP contribution in [0.4, 0.5) is 0 Å². The van der Waals surface area contributed by atoms with E-state index in [1.54, 1.807) is 0 Å². The lowest BCUT2D eigenvalue weighted by Gasteiger charge is -2.32. The molecule has 1 fully saturated rings. The zero-order chi connectivity index (χ0) is 13.5. The zero-order valence-electron chi connectivity index (χ0n) is 12.5. The third-order valence-corrected chi connectivity index (χ3v) is 4.16. The van der Waals surface area contributed by atoms with E-state index < -0.39 is 0 Å². The molecule has 0 amide bonds. The second-order valence-corrected chi connectivity index (χ2v) is 5.75. The number of nitrogens with zero attached hydrogens (tertiary/aromatic N) is 1. The first-order valence-corrected chi connectivity index (χ1v) is 7.82. The molecule has 2 nitrogen and oxygen atoms in total. The van der Waals surface area contributed by atoms with Crippen LogP contribution in [0.1, 0.15) is 44.2 Å². The van der Waals surface area contributed by atoms with Gasteiger partial charge >= 0.3 is 0 Å². The van der Waals surface area contributed by atoms with Crippen LogP contribution in [0.15, 0.2) is 24.3 Å². The molecule has 0 radical (unpaired) electrons. The monoisotopic (exact) mass is 260 g/mol. The Balaban J connectivity index is 1.90. The normalized spacial score (nSPS) is 20.6. The molecule has 0 saturated carbocycles. The van der Waals surface area contributed by atoms with Crippen molar-refractivity contribution in [3.8, 4) is 0 Å². The van der Waals surface area contributed by atoms with Crippen LogP contribution in [0.3, 0.4) is 0 Å². The molecule has 1 aromatic rings. The molecule has 1 N–H and O–H groups in total. The van der Waals surface area contributed by atoms with Gasteiger partial charge in [-0.2, -0.15) is 0 Å². The molecule has 0 spiro atoms. The molecule has 0 bridgehead atoms. The van der Waals surface area contributed by atoms with Gasteiger partial charge < -0.3 is 5.32 Å². The molecule has 2 heteroatoms. The maximum absolute atomic E-state index is 3.40. The lowest BCUT2D eigenvalue weighted by atomic mass is 9.95. The molecule has 1 aliphatic rings. The van der Waals surface area contributed by atoms with Crippen LogP contribution in [0.2, 0.25) is 0 Å². The number of hydrogen-bond acceptors (Lipinski definition) is 2. The van der Waals surface area contributed by atoms with Gasteiger partial charge in [0.05, 0.1) is 0 Å². The van der Waals surface area contributed by atoms with Gasteiger partial charge in [-0.05, 0) is 43.0 Å². The number of piperidine rings is 1. The zero-order valence-corrected chi connectivity index (χ0v) is 12.5. The van der Waals surface area contributed by atoms with Gasteiger partial charge in [0.2, 0.25) is 0 Å². The Morgan fingerprint density at radius 1 is 1.26 bits per heavy atom. The third kappa shape index (κ3) is 4.63. The second kappa shape index (κ2) is 7.66. The van der Waals surface area contributed by atoms with Gasteiger partial charge in [0.25, 0.3) is 0 Å². The minimum Gasteiger partial charge on any atom is -0.313 e. The number of hydrogen-bond donors (Lipinski definition) is 1. The predicted molar refractivity (Wildman–Crippen MR) is 82.1 cm³/mol. The van der Waals surface area contributed by atoms with Gasteiger partial charge in [-0.15, -0.1) is 0 Å². The van der Waals surface area contributed by atoms with Crippen LogP contribution >= 0.6 is 0 Å². The molecular formula is C17H28N2. The quantitative estimate of drug-likeness (QED) is 0.843. The van der Waals surface area contributed by atoms with Crippen LogP contribution in [0.5, 0.6) is 0 Å². The van der Waals surface area contributed by atoms with Crippen molar-refractivity contribution in [2.24, 2.45) is 5.92 Å². The van der Waals surface area contributed by atoms with E-state index in [1.807, 2.05) is 0 Å². The molecule has 19 heavy (non-hydrogen) atoms. The van der Waals surface area contributed by atoms with Gasteiger partial charge in [0.1, 0.15) is 0 Å². The lowest BCUT2D eigenvalue weighted by Crippen LogP contribution is -2.34. The summed E-state index contributed by atoms with van der Waals surface area (Å²) >= 11 is 0. The van der Waals surface area contributed by atoms with Crippen LogP contribution in [0.25, 0.3) is 0 Å². The molecule has 1 heterocycles. The Hall–Kier alpha value is -0.860. The largest absolute Gasteiger partial charge is 0.313 e. The van der Waals surface area contributed by atoms with E-state index in [1.165, 1.54) is 43.5 Å². The highest BCUT2D eigenvalue weighted by molar-refractivity contribution is 5.23. The maximum Gasteiger partial charge on any atom is 0.0233 e. The minimum absolute atomic E-state index is 0.915. The van der Waals surface area contributed by atoms with Gasteiger partial charge in [0, 0.05) is 19.6 Å². The highest BCUT2D eigenvalue weighted by Crippen LogP contribution is 2.21. The maximum atomic E-state index is 3.40. The van der Waals surface area contributed by atoms with Crippen molar-refractivity contribution in [2.45, 2.75) is 46.2 Å². The van der Waals surface area contributed by atoms with Crippen molar-refractivity contribution >= 4 is 0 Å². The Morgan fingerprint density at radius 2 is 2.11 bits per heavy atom. The fourth-order valence-corrected chi connectivity index (χ4v) is 2.99. The molecule has 0 aromatic heterocycles. The van der Waals surface area contributed by atoms with Crippen LogP contribution in [0, 0.1) is 5.92 Å². The summed E-state index contributed by atoms with van der Waals surface area (Å²) in [6, 6.07) is 9.05. The summed E-state index contributed by atoms with van der Waals surface area (Å²) in [5.41, 5.74) is 2.87. The Labute approximate surface area is 118 Å². The van der Waals surface area contributed by atoms with E-state index in [0.29, 0.717) is 0 Å². The molecule has 2 rings (SSSR count). The van der Waals surface area contributed by atoms with Gasteiger partial charge in [-0.1, -0.05) is 44.5 Å². The van der Waals surface area contributed by atoms with Gasteiger partial charge in [-0.3, -0.25) is 4.90 Å². The molecule has 0 aliphatic carbocycles. The Bertz CT molecular complexity index is 375. The van der Waals surface area contributed by atoms with E-state index in [-0.39, 0.29) is 0 Å². The fourth-order valence-electron chi connectivity index (χ4n) is 2.99. The number of likely N-dealkylation sites (tertiary alicyclic amines) is 1. The van der Waals surface area contributed by atoms with Crippen molar-refractivity contribution in [1.29, 1.82) is 0 Å². The average molecular weight is 260 g/mol. The van der Waals surface area contributed by atoms with Crippen molar-refractivity contribution in [3.63, 3.8) is 0 Å². The van der Waals surface area contributed by atoms with E-state index in [2.05, 4.69) is 48.3 Å². The number of rotatable bonds is 6. The standard InChI is InChI=1S/C17H28N2/c1-3-15-9-6-10-19(13-15)14-17-8-5-7-16(11-17)12-18-4-2/h5,7-8,11,15,18H,3-4,6,9-10,12-14H2,1-2H3. The van der Waals surface area contributed by atoms with E-state index in [9.17, 15) is 0 Å². The average Bonchev–Trinajstić information content (AvgIpc) is 2.46. The summed E-state index contributed by atoms with van der Waals surface area (Å²) in [5, 5.41) is 3.40. The summed E-state index contributed by atoms with van der Waals surface area (Å²) in [7, 11) is 0. The Kier molecular flexibility index (Phi) is 5.87. The van der Waals surface area contributed by atoms with Crippen LogP contribution in [-0.4, -0.2) is 24.5 Å². The first-order chi connectivity index (χ1) is 9.31. The van der Waals surface area contributed by atoms with Crippen molar-refractivity contribution in [3.05, 3.63) is 35.4 Å². The van der Waals surface area contributed by atoms with Crippen molar-refractivity contribution in [1.82, 2.24) is 10.2 Å². The first-order valence-electron chi connectivity index (χ1n) is 7.82. The molecule has 106 valence electrons. The fraction of sp³-hybridized carbons (Fsp3) is 0.647. The van der Waals surface area contributed by atoms with E-state index in [4.69, 9.17) is 0 Å². The van der Waals surface area contributed by atoms with Crippen molar-refractivity contribution in [2.75, 3.05) is 19.6 Å². The van der Waals surface area contributed by atoms with Crippen LogP contribution < -0.4 is 5.32 Å².